The van der Waals surface area contributed by atoms with Gasteiger partial charge in [0.2, 0.25) is 0 Å². The highest BCUT2D eigenvalue weighted by Gasteiger charge is 2.25. The molecule has 0 unspecified atom stereocenters. The monoisotopic (exact) mass is 260 g/mol. The van der Waals surface area contributed by atoms with Crippen molar-refractivity contribution in [2.75, 3.05) is 0 Å². The largest absolute Gasteiger partial charge is 0.481 e. The summed E-state index contributed by atoms with van der Waals surface area (Å²) in [4.78, 5) is 15.5. The summed E-state index contributed by atoms with van der Waals surface area (Å²) in [5.74, 6) is 0.190. The number of hydrogen-bond donors (Lipinski definition) is 1. The van der Waals surface area contributed by atoms with Crippen molar-refractivity contribution in [3.8, 4) is 0 Å². The van der Waals surface area contributed by atoms with Gasteiger partial charge >= 0.3 is 5.97 Å². The molecular formula is C15H20N2O2. The maximum atomic E-state index is 10.8. The van der Waals surface area contributed by atoms with Gasteiger partial charge in [-0.2, -0.15) is 0 Å². The van der Waals surface area contributed by atoms with Gasteiger partial charge in [-0.3, -0.25) is 4.79 Å². The van der Waals surface area contributed by atoms with Crippen molar-refractivity contribution < 1.29 is 9.90 Å². The second kappa shape index (κ2) is 5.03. The molecule has 1 aromatic heterocycles. The Hall–Kier alpha value is -1.84. The Bertz CT molecular complexity index is 599. The molecule has 0 atom stereocenters. The van der Waals surface area contributed by atoms with Gasteiger partial charge in [0.1, 0.15) is 5.82 Å². The predicted octanol–water partition coefficient (Wildman–Crippen LogP) is 3.20. The lowest BCUT2D eigenvalue weighted by Gasteiger charge is -2.23. The van der Waals surface area contributed by atoms with E-state index in [2.05, 4.69) is 20.8 Å². The molecule has 0 radical (unpaired) electrons. The van der Waals surface area contributed by atoms with E-state index >= 15 is 0 Å². The van der Waals surface area contributed by atoms with E-state index in [1.807, 2.05) is 28.8 Å². The molecule has 0 amide bonds. The molecule has 0 aliphatic rings. The number of benzene rings is 1. The Morgan fingerprint density at radius 3 is 2.68 bits per heavy atom. The van der Waals surface area contributed by atoms with E-state index in [0.717, 1.165) is 23.3 Å². The Balaban J connectivity index is 2.55. The van der Waals surface area contributed by atoms with Gasteiger partial charge in [0.25, 0.3) is 0 Å². The third kappa shape index (κ3) is 2.62. The Labute approximate surface area is 113 Å². The maximum Gasteiger partial charge on any atom is 0.305 e. The number of carboxylic acids is 1. The first kappa shape index (κ1) is 13.6. The van der Waals surface area contributed by atoms with E-state index in [1.54, 1.807) is 0 Å². The van der Waals surface area contributed by atoms with E-state index in [-0.39, 0.29) is 11.8 Å². The number of carbonyl (C=O) groups is 1. The molecule has 4 heteroatoms. The van der Waals surface area contributed by atoms with Gasteiger partial charge in [0, 0.05) is 12.0 Å². The third-order valence-electron chi connectivity index (χ3n) is 3.69. The molecule has 2 aromatic rings. The number of aryl methyl sites for hydroxylation is 1. The summed E-state index contributed by atoms with van der Waals surface area (Å²) in [6.45, 7) is 6.88. The van der Waals surface area contributed by atoms with Gasteiger partial charge in [-0.15, -0.1) is 0 Å². The molecule has 0 saturated carbocycles. The highest BCUT2D eigenvalue weighted by molar-refractivity contribution is 5.76. The fraction of sp³-hybridized carbons (Fsp3) is 0.467. The molecule has 1 aromatic carbocycles. The molecule has 2 rings (SSSR count). The molecule has 0 spiro atoms. The van der Waals surface area contributed by atoms with Crippen LogP contribution in [0.1, 0.15) is 39.4 Å². The minimum Gasteiger partial charge on any atom is -0.481 e. The van der Waals surface area contributed by atoms with Gasteiger partial charge in [-0.1, -0.05) is 32.9 Å². The van der Waals surface area contributed by atoms with Crippen LogP contribution < -0.4 is 0 Å². The molecular weight excluding hydrogens is 240 g/mol. The molecule has 0 saturated heterocycles. The third-order valence-corrected chi connectivity index (χ3v) is 3.69. The van der Waals surface area contributed by atoms with Crippen LogP contribution in [0.4, 0.5) is 0 Å². The molecule has 0 aliphatic heterocycles. The van der Waals surface area contributed by atoms with Crippen molar-refractivity contribution >= 4 is 17.0 Å². The fourth-order valence-electron chi connectivity index (χ4n) is 2.18. The number of carboxylic acid groups (broad SMARTS) is 1. The van der Waals surface area contributed by atoms with Crippen LogP contribution in [-0.2, 0) is 16.8 Å². The second-order valence-corrected chi connectivity index (χ2v) is 5.46. The van der Waals surface area contributed by atoms with Crippen molar-refractivity contribution in [2.24, 2.45) is 0 Å². The summed E-state index contributed by atoms with van der Waals surface area (Å²) < 4.78 is 2.05. The molecule has 1 heterocycles. The zero-order valence-corrected chi connectivity index (χ0v) is 11.7. The summed E-state index contributed by atoms with van der Waals surface area (Å²) in [6.07, 6.45) is 1.08. The van der Waals surface area contributed by atoms with Crippen molar-refractivity contribution in [3.63, 3.8) is 0 Å². The number of fused-ring (bicyclic) bond motifs is 1. The van der Waals surface area contributed by atoms with Crippen molar-refractivity contribution in [1.29, 1.82) is 0 Å². The van der Waals surface area contributed by atoms with E-state index in [4.69, 9.17) is 10.1 Å². The smallest absolute Gasteiger partial charge is 0.305 e. The first-order valence-electron chi connectivity index (χ1n) is 6.63. The van der Waals surface area contributed by atoms with Crippen LogP contribution >= 0.6 is 0 Å². The molecule has 19 heavy (non-hydrogen) atoms. The maximum absolute atomic E-state index is 10.8. The summed E-state index contributed by atoms with van der Waals surface area (Å²) >= 11 is 0. The molecule has 0 bridgehead atoms. The molecule has 102 valence electrons. The zero-order chi connectivity index (χ0) is 14.0. The van der Waals surface area contributed by atoms with Crippen LogP contribution in [0, 0.1) is 0 Å². The number of para-hydroxylation sites is 2. The fourth-order valence-corrected chi connectivity index (χ4v) is 2.18. The standard InChI is InChI=1S/C15H20N2O2/c1-4-15(2,3)14-16-11-7-5-6-8-12(11)17(14)10-9-13(18)19/h5-8H,4,9-10H2,1-3H3,(H,18,19). The van der Waals surface area contributed by atoms with Crippen LogP contribution in [-0.4, -0.2) is 20.6 Å². The van der Waals surface area contributed by atoms with E-state index < -0.39 is 5.97 Å². The number of aromatic nitrogens is 2. The minimum atomic E-state index is -0.780. The van der Waals surface area contributed by atoms with Gasteiger partial charge in [-0.05, 0) is 18.6 Å². The lowest BCUT2D eigenvalue weighted by molar-refractivity contribution is -0.137. The van der Waals surface area contributed by atoms with E-state index in [0.29, 0.717) is 6.54 Å². The molecule has 0 aliphatic carbocycles. The Kier molecular flexibility index (Phi) is 3.60. The van der Waals surface area contributed by atoms with Gasteiger partial charge in [0.05, 0.1) is 17.5 Å². The van der Waals surface area contributed by atoms with Crippen LogP contribution in [0.2, 0.25) is 0 Å². The summed E-state index contributed by atoms with van der Waals surface area (Å²) in [7, 11) is 0. The van der Waals surface area contributed by atoms with Gasteiger partial charge in [-0.25, -0.2) is 4.98 Å². The molecule has 4 nitrogen and oxygen atoms in total. The van der Waals surface area contributed by atoms with Crippen molar-refractivity contribution in [1.82, 2.24) is 9.55 Å². The quantitative estimate of drug-likeness (QED) is 0.898. The van der Waals surface area contributed by atoms with Crippen molar-refractivity contribution in [2.45, 2.75) is 45.6 Å². The highest BCUT2D eigenvalue weighted by Crippen LogP contribution is 2.29. The van der Waals surface area contributed by atoms with Gasteiger partial charge < -0.3 is 9.67 Å². The van der Waals surface area contributed by atoms with Crippen LogP contribution in [0.15, 0.2) is 24.3 Å². The number of rotatable bonds is 5. The Morgan fingerprint density at radius 2 is 2.05 bits per heavy atom. The SMILES string of the molecule is CCC(C)(C)c1nc2ccccc2n1CCC(=O)O. The van der Waals surface area contributed by atoms with Crippen LogP contribution in [0.5, 0.6) is 0 Å². The summed E-state index contributed by atoms with van der Waals surface area (Å²) in [5, 5.41) is 8.90. The van der Waals surface area contributed by atoms with Crippen LogP contribution in [0.3, 0.4) is 0 Å². The van der Waals surface area contributed by atoms with Crippen LogP contribution in [0.25, 0.3) is 11.0 Å². The average Bonchev–Trinajstić information content (AvgIpc) is 2.75. The first-order valence-corrected chi connectivity index (χ1v) is 6.63. The Morgan fingerprint density at radius 1 is 1.37 bits per heavy atom. The topological polar surface area (TPSA) is 55.1 Å². The highest BCUT2D eigenvalue weighted by atomic mass is 16.4. The zero-order valence-electron chi connectivity index (χ0n) is 11.7. The lowest BCUT2D eigenvalue weighted by atomic mass is 9.89. The number of nitrogens with zero attached hydrogens (tertiary/aromatic N) is 2. The average molecular weight is 260 g/mol. The summed E-state index contributed by atoms with van der Waals surface area (Å²) in [5.41, 5.74) is 1.89. The number of aliphatic carboxylic acids is 1. The van der Waals surface area contributed by atoms with E-state index in [1.165, 1.54) is 0 Å². The van der Waals surface area contributed by atoms with Gasteiger partial charge in [0.15, 0.2) is 0 Å². The first-order chi connectivity index (χ1) is 8.95. The predicted molar refractivity (Wildman–Crippen MR) is 75.3 cm³/mol. The molecule has 1 N–H and O–H groups in total. The molecule has 0 fully saturated rings. The number of imidazole rings is 1. The summed E-state index contributed by atoms with van der Waals surface area (Å²) in [6, 6.07) is 7.89. The second-order valence-electron chi connectivity index (χ2n) is 5.46. The van der Waals surface area contributed by atoms with Crippen molar-refractivity contribution in [3.05, 3.63) is 30.1 Å². The minimum absolute atomic E-state index is 0.0580. The lowest BCUT2D eigenvalue weighted by Crippen LogP contribution is -2.22. The normalized spacial score (nSPS) is 11.9. The van der Waals surface area contributed by atoms with E-state index in [9.17, 15) is 4.79 Å². The number of hydrogen-bond acceptors (Lipinski definition) is 2.